The van der Waals surface area contributed by atoms with E-state index in [9.17, 15) is 4.79 Å². The predicted molar refractivity (Wildman–Crippen MR) is 51.9 cm³/mol. The number of nitrogens with one attached hydrogen (secondary N) is 1. The molecule has 0 aliphatic heterocycles. The van der Waals surface area contributed by atoms with Gasteiger partial charge in [0.05, 0.1) is 6.42 Å². The lowest BCUT2D eigenvalue weighted by Gasteiger charge is -2.06. The van der Waals surface area contributed by atoms with E-state index in [1.807, 2.05) is 31.2 Å². The zero-order valence-corrected chi connectivity index (χ0v) is 7.58. The highest BCUT2D eigenvalue weighted by Crippen LogP contribution is 2.12. The molecule has 3 nitrogen and oxygen atoms in total. The quantitative estimate of drug-likeness (QED) is 0.742. The minimum absolute atomic E-state index is 0.147. The molecule has 1 rings (SSSR count). The van der Waals surface area contributed by atoms with Crippen molar-refractivity contribution in [1.29, 1.82) is 0 Å². The van der Waals surface area contributed by atoms with E-state index in [0.717, 1.165) is 11.3 Å². The van der Waals surface area contributed by atoms with Crippen molar-refractivity contribution in [3.05, 3.63) is 29.8 Å². The summed E-state index contributed by atoms with van der Waals surface area (Å²) in [5, 5.41) is 11.5. The molecule has 70 valence electrons. The number of anilines is 1. The van der Waals surface area contributed by atoms with E-state index < -0.39 is 5.97 Å². The van der Waals surface area contributed by atoms with Crippen LogP contribution in [0.3, 0.4) is 0 Å². The molecule has 0 spiro atoms. The van der Waals surface area contributed by atoms with Gasteiger partial charge in [-0.3, -0.25) is 4.79 Å². The molecule has 13 heavy (non-hydrogen) atoms. The van der Waals surface area contributed by atoms with E-state index in [1.165, 1.54) is 0 Å². The summed E-state index contributed by atoms with van der Waals surface area (Å²) >= 11 is 0. The number of para-hydroxylation sites is 1. The van der Waals surface area contributed by atoms with Gasteiger partial charge < -0.3 is 10.4 Å². The molecule has 0 saturated heterocycles. The highest BCUT2D eigenvalue weighted by atomic mass is 16.4. The number of carboxylic acid groups (broad SMARTS) is 1. The van der Waals surface area contributed by atoms with E-state index in [2.05, 4.69) is 5.32 Å². The van der Waals surface area contributed by atoms with Crippen LogP contribution in [0.5, 0.6) is 0 Å². The summed E-state index contributed by atoms with van der Waals surface area (Å²) in [6, 6.07) is 7.81. The van der Waals surface area contributed by atoms with Crippen LogP contribution in [0.2, 0.25) is 0 Å². The summed E-state index contributed by atoms with van der Waals surface area (Å²) in [4.78, 5) is 10.2. The number of hydrogen-bond donors (Lipinski definition) is 2. The van der Waals surface area contributed by atoms with Crippen LogP contribution in [0.4, 0.5) is 5.69 Å². The molecule has 0 amide bonds. The Balaban J connectivity index is 2.45. The zero-order valence-electron chi connectivity index (χ0n) is 7.58. The third kappa shape index (κ3) is 3.15. The molecule has 2 N–H and O–H groups in total. The zero-order chi connectivity index (χ0) is 9.68. The Bertz CT molecular complexity index is 297. The average Bonchev–Trinajstić information content (AvgIpc) is 2.08. The first-order chi connectivity index (χ1) is 6.20. The second-order valence-electron chi connectivity index (χ2n) is 2.89. The van der Waals surface area contributed by atoms with E-state index >= 15 is 0 Å². The average molecular weight is 179 g/mol. The number of rotatable bonds is 4. The summed E-state index contributed by atoms with van der Waals surface area (Å²) in [7, 11) is 0. The van der Waals surface area contributed by atoms with Gasteiger partial charge in [-0.1, -0.05) is 18.2 Å². The van der Waals surface area contributed by atoms with E-state index in [0.29, 0.717) is 6.54 Å². The molecule has 1 aromatic rings. The van der Waals surface area contributed by atoms with E-state index in [-0.39, 0.29) is 6.42 Å². The lowest BCUT2D eigenvalue weighted by molar-refractivity contribution is -0.136. The van der Waals surface area contributed by atoms with E-state index in [1.54, 1.807) is 0 Å². The molecule has 1 aromatic carbocycles. The van der Waals surface area contributed by atoms with Crippen molar-refractivity contribution < 1.29 is 9.90 Å². The fourth-order valence-electron chi connectivity index (χ4n) is 1.08. The summed E-state index contributed by atoms with van der Waals surface area (Å²) in [6.45, 7) is 2.46. The Morgan fingerprint density at radius 3 is 2.77 bits per heavy atom. The molecule has 3 heteroatoms. The van der Waals surface area contributed by atoms with Crippen LogP contribution in [-0.4, -0.2) is 17.6 Å². The third-order valence-electron chi connectivity index (χ3n) is 1.80. The van der Waals surface area contributed by atoms with Gasteiger partial charge in [-0.15, -0.1) is 0 Å². The van der Waals surface area contributed by atoms with Gasteiger partial charge in [0.1, 0.15) is 0 Å². The second kappa shape index (κ2) is 4.50. The minimum atomic E-state index is -0.777. The topological polar surface area (TPSA) is 49.3 Å². The summed E-state index contributed by atoms with van der Waals surface area (Å²) in [5.41, 5.74) is 2.14. The number of aryl methyl sites for hydroxylation is 1. The van der Waals surface area contributed by atoms with Gasteiger partial charge in [0, 0.05) is 12.2 Å². The molecule has 0 atom stereocenters. The third-order valence-corrected chi connectivity index (χ3v) is 1.80. The van der Waals surface area contributed by atoms with Crippen LogP contribution < -0.4 is 5.32 Å². The van der Waals surface area contributed by atoms with Crippen LogP contribution in [0, 0.1) is 6.92 Å². The molecule has 0 aliphatic rings. The minimum Gasteiger partial charge on any atom is -0.481 e. The molecule has 0 aliphatic carbocycles. The van der Waals surface area contributed by atoms with Gasteiger partial charge in [0.2, 0.25) is 0 Å². The normalized spacial score (nSPS) is 9.62. The Hall–Kier alpha value is -1.51. The largest absolute Gasteiger partial charge is 0.481 e. The Morgan fingerprint density at radius 1 is 1.46 bits per heavy atom. The van der Waals surface area contributed by atoms with E-state index in [4.69, 9.17) is 5.11 Å². The first kappa shape index (κ1) is 9.58. The molecule has 0 aromatic heterocycles. The maximum Gasteiger partial charge on any atom is 0.305 e. The first-order valence-electron chi connectivity index (χ1n) is 4.21. The Kier molecular flexibility index (Phi) is 3.31. The van der Waals surface area contributed by atoms with Crippen LogP contribution in [0.1, 0.15) is 12.0 Å². The second-order valence-corrected chi connectivity index (χ2v) is 2.89. The smallest absolute Gasteiger partial charge is 0.305 e. The van der Waals surface area contributed by atoms with Crippen molar-refractivity contribution in [2.24, 2.45) is 0 Å². The molecule has 0 saturated carbocycles. The highest BCUT2D eigenvalue weighted by Gasteiger charge is 1.97. The number of aliphatic carboxylic acids is 1. The molecular weight excluding hydrogens is 166 g/mol. The lowest BCUT2D eigenvalue weighted by atomic mass is 10.2. The lowest BCUT2D eigenvalue weighted by Crippen LogP contribution is -2.08. The monoisotopic (exact) mass is 179 g/mol. The van der Waals surface area contributed by atoms with Gasteiger partial charge >= 0.3 is 5.97 Å². The van der Waals surface area contributed by atoms with Crippen molar-refractivity contribution >= 4 is 11.7 Å². The number of benzene rings is 1. The van der Waals surface area contributed by atoms with Gasteiger partial charge in [-0.25, -0.2) is 0 Å². The summed E-state index contributed by atoms with van der Waals surface area (Å²) in [6.07, 6.45) is 0.147. The Labute approximate surface area is 77.4 Å². The molecule has 0 heterocycles. The molecule has 0 radical (unpaired) electrons. The van der Waals surface area contributed by atoms with Crippen LogP contribution >= 0.6 is 0 Å². The molecule has 0 fully saturated rings. The van der Waals surface area contributed by atoms with Crippen LogP contribution in [-0.2, 0) is 4.79 Å². The number of carboxylic acids is 1. The van der Waals surface area contributed by atoms with Crippen molar-refractivity contribution in [1.82, 2.24) is 0 Å². The maximum absolute atomic E-state index is 10.2. The van der Waals surface area contributed by atoms with Gasteiger partial charge in [-0.05, 0) is 18.6 Å². The van der Waals surface area contributed by atoms with Gasteiger partial charge in [0.25, 0.3) is 0 Å². The summed E-state index contributed by atoms with van der Waals surface area (Å²) < 4.78 is 0. The van der Waals surface area contributed by atoms with Crippen molar-refractivity contribution in [3.8, 4) is 0 Å². The van der Waals surface area contributed by atoms with Crippen molar-refractivity contribution in [2.45, 2.75) is 13.3 Å². The highest BCUT2D eigenvalue weighted by molar-refractivity contribution is 5.67. The first-order valence-corrected chi connectivity index (χ1v) is 4.21. The molecule has 0 bridgehead atoms. The van der Waals surface area contributed by atoms with Gasteiger partial charge in [0.15, 0.2) is 0 Å². The molecular formula is C10H13NO2. The molecule has 0 unspecified atom stereocenters. The van der Waals surface area contributed by atoms with Crippen LogP contribution in [0.25, 0.3) is 0 Å². The van der Waals surface area contributed by atoms with Crippen LogP contribution in [0.15, 0.2) is 24.3 Å². The fourth-order valence-corrected chi connectivity index (χ4v) is 1.08. The van der Waals surface area contributed by atoms with Crippen molar-refractivity contribution in [2.75, 3.05) is 11.9 Å². The van der Waals surface area contributed by atoms with Gasteiger partial charge in [-0.2, -0.15) is 0 Å². The maximum atomic E-state index is 10.2. The number of carbonyl (C=O) groups is 1. The standard InChI is InChI=1S/C10H13NO2/c1-8-4-2-3-5-9(8)11-7-6-10(12)13/h2-5,11H,6-7H2,1H3,(H,12,13). The van der Waals surface area contributed by atoms with Crippen molar-refractivity contribution in [3.63, 3.8) is 0 Å². The number of hydrogen-bond acceptors (Lipinski definition) is 2. The summed E-state index contributed by atoms with van der Waals surface area (Å²) in [5.74, 6) is -0.777. The Morgan fingerprint density at radius 2 is 2.15 bits per heavy atom. The SMILES string of the molecule is Cc1ccccc1NCCC(=O)O. The predicted octanol–water partition coefficient (Wildman–Crippen LogP) is 1.88. The fraction of sp³-hybridized carbons (Fsp3) is 0.300.